The van der Waals surface area contributed by atoms with Gasteiger partial charge in [0.25, 0.3) is 0 Å². The standard InChI is InChI=1S/C24H23N5O/c30-22-9-8-19-16-27-24(29-14-11-21(28-22)23(19)29)18-6-4-17(5-7-18)15-25-13-10-20-3-1-2-12-26-20/h1-9,12,16,25H,10-11,13-15H2,(H,28,30). The first-order valence-corrected chi connectivity index (χ1v) is 10.3. The third-order valence-corrected chi connectivity index (χ3v) is 5.51. The van der Waals surface area contributed by atoms with Crippen molar-refractivity contribution in [1.29, 1.82) is 0 Å². The lowest BCUT2D eigenvalue weighted by Crippen LogP contribution is -2.31. The summed E-state index contributed by atoms with van der Waals surface area (Å²) in [5.74, 6) is 0.860. The zero-order chi connectivity index (χ0) is 20.3. The van der Waals surface area contributed by atoms with Crippen molar-refractivity contribution in [3.05, 3.63) is 101 Å². The van der Waals surface area contributed by atoms with Crippen molar-refractivity contribution in [3.63, 3.8) is 0 Å². The summed E-state index contributed by atoms with van der Waals surface area (Å²) in [5.41, 5.74) is 6.46. The Morgan fingerprint density at radius 2 is 2.00 bits per heavy atom. The number of amidine groups is 1. The van der Waals surface area contributed by atoms with Crippen molar-refractivity contribution in [2.45, 2.75) is 19.4 Å². The van der Waals surface area contributed by atoms with E-state index in [1.165, 1.54) is 5.56 Å². The molecule has 6 nitrogen and oxygen atoms in total. The summed E-state index contributed by atoms with van der Waals surface area (Å²) in [6.45, 7) is 2.54. The molecule has 0 spiro atoms. The second kappa shape index (κ2) is 8.08. The highest BCUT2D eigenvalue weighted by Crippen LogP contribution is 2.34. The highest BCUT2D eigenvalue weighted by atomic mass is 16.1. The Hall–Kier alpha value is -3.51. The Labute approximate surface area is 175 Å². The zero-order valence-corrected chi connectivity index (χ0v) is 16.6. The van der Waals surface area contributed by atoms with Gasteiger partial charge in [-0.1, -0.05) is 30.3 Å². The molecule has 0 aliphatic carbocycles. The van der Waals surface area contributed by atoms with Crippen LogP contribution in [0.5, 0.6) is 0 Å². The molecule has 0 saturated carbocycles. The largest absolute Gasteiger partial charge is 0.324 e. The Balaban J connectivity index is 1.25. The number of carbonyl (C=O) groups excluding carboxylic acids is 1. The normalized spacial score (nSPS) is 17.3. The molecule has 30 heavy (non-hydrogen) atoms. The van der Waals surface area contributed by atoms with Crippen molar-refractivity contribution in [2.75, 3.05) is 13.1 Å². The lowest BCUT2D eigenvalue weighted by atomic mass is 10.1. The average molecular weight is 397 g/mol. The van der Waals surface area contributed by atoms with Gasteiger partial charge in [0.1, 0.15) is 5.84 Å². The fourth-order valence-electron chi connectivity index (χ4n) is 4.02. The van der Waals surface area contributed by atoms with Gasteiger partial charge in [-0.2, -0.15) is 0 Å². The number of hydrogen-bond acceptors (Lipinski definition) is 5. The number of nitrogens with one attached hydrogen (secondary N) is 2. The molecule has 3 aliphatic heterocycles. The molecule has 5 rings (SSSR count). The first kappa shape index (κ1) is 18.5. The van der Waals surface area contributed by atoms with Gasteiger partial charge < -0.3 is 15.5 Å². The van der Waals surface area contributed by atoms with Gasteiger partial charge in [-0.05, 0) is 23.8 Å². The van der Waals surface area contributed by atoms with E-state index in [4.69, 9.17) is 4.99 Å². The van der Waals surface area contributed by atoms with Gasteiger partial charge in [-0.25, -0.2) is 4.99 Å². The van der Waals surface area contributed by atoms with E-state index in [1.54, 1.807) is 6.08 Å². The van der Waals surface area contributed by atoms with Crippen LogP contribution in [0.15, 0.2) is 89.0 Å². The summed E-state index contributed by atoms with van der Waals surface area (Å²) in [5, 5.41) is 6.47. The molecule has 1 aromatic heterocycles. The maximum absolute atomic E-state index is 11.9. The van der Waals surface area contributed by atoms with Crippen LogP contribution in [-0.4, -0.2) is 34.7 Å². The SMILES string of the molecule is O=C1C=CC2=CN=C(c3ccc(CNCCc4ccccn4)cc3)N3CCC(=C23)N1. The van der Waals surface area contributed by atoms with E-state index in [9.17, 15) is 4.79 Å². The zero-order valence-electron chi connectivity index (χ0n) is 16.6. The van der Waals surface area contributed by atoms with Crippen LogP contribution in [0.3, 0.4) is 0 Å². The van der Waals surface area contributed by atoms with Crippen LogP contribution in [0.4, 0.5) is 0 Å². The molecule has 3 aliphatic rings. The first-order valence-electron chi connectivity index (χ1n) is 10.3. The van der Waals surface area contributed by atoms with Crippen molar-refractivity contribution in [3.8, 4) is 0 Å². The van der Waals surface area contributed by atoms with Crippen molar-refractivity contribution >= 4 is 11.7 Å². The molecule has 2 N–H and O–H groups in total. The minimum atomic E-state index is -0.0731. The van der Waals surface area contributed by atoms with Gasteiger partial charge in [-0.3, -0.25) is 9.78 Å². The van der Waals surface area contributed by atoms with Gasteiger partial charge >= 0.3 is 0 Å². The molecule has 0 fully saturated rings. The number of amides is 1. The van der Waals surface area contributed by atoms with E-state index >= 15 is 0 Å². The van der Waals surface area contributed by atoms with Crippen LogP contribution in [-0.2, 0) is 17.8 Å². The number of pyridine rings is 1. The topological polar surface area (TPSA) is 69.6 Å². The van der Waals surface area contributed by atoms with Gasteiger partial charge in [0.05, 0.1) is 5.70 Å². The highest BCUT2D eigenvalue weighted by Gasteiger charge is 2.32. The van der Waals surface area contributed by atoms with Crippen molar-refractivity contribution in [2.24, 2.45) is 4.99 Å². The van der Waals surface area contributed by atoms with Gasteiger partial charge in [0.2, 0.25) is 5.91 Å². The number of aromatic nitrogens is 1. The smallest absolute Gasteiger partial charge is 0.248 e. The Morgan fingerprint density at radius 3 is 2.83 bits per heavy atom. The number of benzene rings is 1. The number of carbonyl (C=O) groups is 1. The quantitative estimate of drug-likeness (QED) is 0.736. The van der Waals surface area contributed by atoms with Crippen LogP contribution in [0.1, 0.15) is 23.2 Å². The third-order valence-electron chi connectivity index (χ3n) is 5.51. The first-order chi connectivity index (χ1) is 14.8. The maximum atomic E-state index is 11.9. The second-order valence-electron chi connectivity index (χ2n) is 7.53. The minimum absolute atomic E-state index is 0.0731. The summed E-state index contributed by atoms with van der Waals surface area (Å²) in [6, 6.07) is 14.5. The van der Waals surface area contributed by atoms with Gasteiger partial charge in [0, 0.05) is 73.5 Å². The highest BCUT2D eigenvalue weighted by molar-refractivity contribution is 6.02. The van der Waals surface area contributed by atoms with Crippen molar-refractivity contribution < 1.29 is 4.79 Å². The van der Waals surface area contributed by atoms with E-state index in [2.05, 4.69) is 50.8 Å². The van der Waals surface area contributed by atoms with E-state index in [-0.39, 0.29) is 5.91 Å². The fraction of sp³-hybridized carbons (Fsp3) is 0.208. The number of hydrogen-bond donors (Lipinski definition) is 2. The molecular formula is C24H23N5O. The Bertz CT molecular complexity index is 1080. The van der Waals surface area contributed by atoms with Gasteiger partial charge in [0.15, 0.2) is 0 Å². The van der Waals surface area contributed by atoms with Crippen LogP contribution in [0.25, 0.3) is 0 Å². The predicted octanol–water partition coefficient (Wildman–Crippen LogP) is 2.66. The molecular weight excluding hydrogens is 374 g/mol. The summed E-state index contributed by atoms with van der Waals surface area (Å²) < 4.78 is 0. The summed E-state index contributed by atoms with van der Waals surface area (Å²) in [4.78, 5) is 23.1. The predicted molar refractivity (Wildman–Crippen MR) is 116 cm³/mol. The molecule has 0 bridgehead atoms. The fourth-order valence-corrected chi connectivity index (χ4v) is 4.02. The second-order valence-corrected chi connectivity index (χ2v) is 7.53. The van der Waals surface area contributed by atoms with Crippen LogP contribution in [0, 0.1) is 0 Å². The van der Waals surface area contributed by atoms with Crippen LogP contribution < -0.4 is 10.6 Å². The van der Waals surface area contributed by atoms with E-state index < -0.39 is 0 Å². The summed E-state index contributed by atoms with van der Waals surface area (Å²) in [7, 11) is 0. The molecule has 150 valence electrons. The minimum Gasteiger partial charge on any atom is -0.324 e. The molecule has 1 amide bonds. The van der Waals surface area contributed by atoms with E-state index in [0.29, 0.717) is 0 Å². The third kappa shape index (κ3) is 3.69. The molecule has 0 unspecified atom stereocenters. The number of allylic oxidation sites excluding steroid dienone is 1. The molecule has 2 aromatic rings. The molecule has 0 atom stereocenters. The molecule has 6 heteroatoms. The number of aliphatic imine (C=N–C) groups is 1. The molecule has 0 radical (unpaired) electrons. The van der Waals surface area contributed by atoms with Crippen LogP contribution in [0.2, 0.25) is 0 Å². The number of nitrogens with zero attached hydrogens (tertiary/aromatic N) is 3. The maximum Gasteiger partial charge on any atom is 0.248 e. The molecule has 4 heterocycles. The molecule has 1 aromatic carbocycles. The Kier molecular flexibility index (Phi) is 4.99. The Morgan fingerprint density at radius 1 is 1.10 bits per heavy atom. The molecule has 0 saturated heterocycles. The van der Waals surface area contributed by atoms with Gasteiger partial charge in [-0.15, -0.1) is 0 Å². The average Bonchev–Trinajstić information content (AvgIpc) is 3.12. The van der Waals surface area contributed by atoms with Crippen LogP contribution >= 0.6 is 0 Å². The lowest BCUT2D eigenvalue weighted by molar-refractivity contribution is -0.115. The van der Waals surface area contributed by atoms with Crippen molar-refractivity contribution in [1.82, 2.24) is 20.5 Å². The lowest BCUT2D eigenvalue weighted by Gasteiger charge is -2.27. The van der Waals surface area contributed by atoms with E-state index in [0.717, 1.165) is 66.5 Å². The summed E-state index contributed by atoms with van der Waals surface area (Å²) in [6.07, 6.45) is 8.84. The monoisotopic (exact) mass is 397 g/mol. The van der Waals surface area contributed by atoms with E-state index in [1.807, 2.05) is 30.6 Å². The summed E-state index contributed by atoms with van der Waals surface area (Å²) >= 11 is 0. The number of rotatable bonds is 6.